The topological polar surface area (TPSA) is 58.6 Å². The lowest BCUT2D eigenvalue weighted by Gasteiger charge is -2.38. The van der Waals surface area contributed by atoms with Crippen LogP contribution in [0.15, 0.2) is 0 Å². The van der Waals surface area contributed by atoms with Crippen LogP contribution < -0.4 is 5.32 Å². The molecule has 0 bridgehead atoms. The van der Waals surface area contributed by atoms with Gasteiger partial charge < -0.3 is 15.2 Å². The van der Waals surface area contributed by atoms with Gasteiger partial charge in [-0.25, -0.2) is 0 Å². The smallest absolute Gasteiger partial charge is 0.324 e. The van der Waals surface area contributed by atoms with Gasteiger partial charge in [-0.15, -0.1) is 0 Å². The van der Waals surface area contributed by atoms with E-state index < -0.39 is 11.5 Å². The van der Waals surface area contributed by atoms with Gasteiger partial charge >= 0.3 is 5.97 Å². The summed E-state index contributed by atoms with van der Waals surface area (Å²) < 4.78 is 5.55. The second kappa shape index (κ2) is 4.72. The van der Waals surface area contributed by atoms with Crippen molar-refractivity contribution >= 4 is 5.97 Å². The first-order valence-corrected chi connectivity index (χ1v) is 6.26. The number of aliphatic carboxylic acids is 1. The summed E-state index contributed by atoms with van der Waals surface area (Å²) in [6, 6.07) is 0. The van der Waals surface area contributed by atoms with E-state index in [0.29, 0.717) is 25.4 Å². The zero-order valence-corrected chi connectivity index (χ0v) is 9.87. The fourth-order valence-corrected chi connectivity index (χ4v) is 2.30. The summed E-state index contributed by atoms with van der Waals surface area (Å²) in [5.41, 5.74) is -0.735. The molecule has 1 saturated heterocycles. The highest BCUT2D eigenvalue weighted by Crippen LogP contribution is 2.31. The minimum Gasteiger partial charge on any atom is -0.480 e. The first-order valence-electron chi connectivity index (χ1n) is 6.26. The van der Waals surface area contributed by atoms with Gasteiger partial charge in [0.15, 0.2) is 0 Å². The number of carbonyl (C=O) groups is 1. The molecule has 1 saturated carbocycles. The van der Waals surface area contributed by atoms with Crippen LogP contribution in [-0.2, 0) is 9.53 Å². The summed E-state index contributed by atoms with van der Waals surface area (Å²) in [5, 5.41) is 12.7. The summed E-state index contributed by atoms with van der Waals surface area (Å²) in [6.07, 6.45) is 4.67. The quantitative estimate of drug-likeness (QED) is 0.745. The van der Waals surface area contributed by atoms with Gasteiger partial charge in [-0.1, -0.05) is 6.92 Å². The molecule has 0 aromatic carbocycles. The molecule has 1 heterocycles. The summed E-state index contributed by atoms with van der Waals surface area (Å²) >= 11 is 0. The van der Waals surface area contributed by atoms with Crippen molar-refractivity contribution in [3.63, 3.8) is 0 Å². The number of carboxylic acids is 1. The SMILES string of the molecule is CCC1CC(NCC2CC2)(C(=O)O)CCO1. The first kappa shape index (κ1) is 11.9. The molecule has 0 aromatic rings. The number of hydrogen-bond acceptors (Lipinski definition) is 3. The van der Waals surface area contributed by atoms with Gasteiger partial charge in [0.05, 0.1) is 6.10 Å². The molecular weight excluding hydrogens is 206 g/mol. The molecule has 1 aliphatic carbocycles. The maximum absolute atomic E-state index is 11.5. The van der Waals surface area contributed by atoms with E-state index in [4.69, 9.17) is 4.74 Å². The van der Waals surface area contributed by atoms with Gasteiger partial charge in [0.25, 0.3) is 0 Å². The maximum atomic E-state index is 11.5. The number of rotatable bonds is 5. The molecule has 1 aliphatic heterocycles. The third-order valence-corrected chi connectivity index (χ3v) is 3.75. The molecule has 0 spiro atoms. The predicted octanol–water partition coefficient (Wildman–Crippen LogP) is 1.40. The van der Waals surface area contributed by atoms with E-state index in [1.54, 1.807) is 0 Å². The van der Waals surface area contributed by atoms with Crippen LogP contribution in [0.4, 0.5) is 0 Å². The van der Waals surface area contributed by atoms with Crippen LogP contribution in [0.2, 0.25) is 0 Å². The van der Waals surface area contributed by atoms with Gasteiger partial charge in [-0.2, -0.15) is 0 Å². The summed E-state index contributed by atoms with van der Waals surface area (Å²) in [4.78, 5) is 11.5. The Morgan fingerprint density at radius 2 is 2.31 bits per heavy atom. The van der Waals surface area contributed by atoms with Gasteiger partial charge in [0, 0.05) is 13.0 Å². The van der Waals surface area contributed by atoms with Gasteiger partial charge in [0.1, 0.15) is 5.54 Å². The molecule has 0 aromatic heterocycles. The molecular formula is C12H21NO3. The van der Waals surface area contributed by atoms with E-state index in [9.17, 15) is 9.90 Å². The second-order valence-electron chi connectivity index (χ2n) is 5.07. The van der Waals surface area contributed by atoms with Crippen molar-refractivity contribution in [1.82, 2.24) is 5.32 Å². The van der Waals surface area contributed by atoms with E-state index in [1.165, 1.54) is 12.8 Å². The average molecular weight is 227 g/mol. The number of hydrogen-bond donors (Lipinski definition) is 2. The fraction of sp³-hybridized carbons (Fsp3) is 0.917. The van der Waals surface area contributed by atoms with Crippen LogP contribution in [0.3, 0.4) is 0 Å². The zero-order valence-electron chi connectivity index (χ0n) is 9.87. The summed E-state index contributed by atoms with van der Waals surface area (Å²) in [7, 11) is 0. The van der Waals surface area contributed by atoms with Crippen molar-refractivity contribution in [1.29, 1.82) is 0 Å². The lowest BCUT2D eigenvalue weighted by atomic mass is 9.85. The second-order valence-corrected chi connectivity index (χ2v) is 5.07. The lowest BCUT2D eigenvalue weighted by Crippen LogP contribution is -2.57. The highest BCUT2D eigenvalue weighted by molar-refractivity contribution is 5.79. The van der Waals surface area contributed by atoms with E-state index in [0.717, 1.165) is 13.0 Å². The Morgan fingerprint density at radius 1 is 1.56 bits per heavy atom. The van der Waals surface area contributed by atoms with Gasteiger partial charge in [-0.05, 0) is 38.1 Å². The molecule has 2 rings (SSSR count). The Bertz CT molecular complexity index is 265. The molecule has 2 atom stereocenters. The van der Waals surface area contributed by atoms with Crippen molar-refractivity contribution in [3.8, 4) is 0 Å². The van der Waals surface area contributed by atoms with E-state index in [2.05, 4.69) is 5.32 Å². The number of carboxylic acid groups (broad SMARTS) is 1. The zero-order chi connectivity index (χ0) is 11.6. The minimum absolute atomic E-state index is 0.0940. The van der Waals surface area contributed by atoms with Crippen LogP contribution in [0, 0.1) is 5.92 Å². The molecule has 16 heavy (non-hydrogen) atoms. The van der Waals surface area contributed by atoms with E-state index in [-0.39, 0.29) is 6.10 Å². The third kappa shape index (κ3) is 2.55. The molecule has 2 aliphatic rings. The van der Waals surface area contributed by atoms with Crippen LogP contribution in [0.1, 0.15) is 39.0 Å². The van der Waals surface area contributed by atoms with Crippen molar-refractivity contribution in [2.24, 2.45) is 5.92 Å². The Hall–Kier alpha value is -0.610. The average Bonchev–Trinajstić information content (AvgIpc) is 3.10. The van der Waals surface area contributed by atoms with Gasteiger partial charge in [0.2, 0.25) is 0 Å². The molecule has 0 amide bonds. The van der Waals surface area contributed by atoms with Crippen LogP contribution in [0.5, 0.6) is 0 Å². The predicted molar refractivity (Wildman–Crippen MR) is 60.4 cm³/mol. The first-order chi connectivity index (χ1) is 7.66. The van der Waals surface area contributed by atoms with Crippen molar-refractivity contribution in [3.05, 3.63) is 0 Å². The van der Waals surface area contributed by atoms with E-state index in [1.807, 2.05) is 6.92 Å². The summed E-state index contributed by atoms with van der Waals surface area (Å²) in [6.45, 7) is 3.45. The van der Waals surface area contributed by atoms with E-state index >= 15 is 0 Å². The molecule has 2 unspecified atom stereocenters. The Labute approximate surface area is 96.4 Å². The monoisotopic (exact) mass is 227 g/mol. The highest BCUT2D eigenvalue weighted by Gasteiger charge is 2.43. The Balaban J connectivity index is 1.97. The summed E-state index contributed by atoms with van der Waals surface area (Å²) in [5.74, 6) is -0.00551. The number of ether oxygens (including phenoxy) is 1. The number of nitrogens with one attached hydrogen (secondary N) is 1. The Kier molecular flexibility index (Phi) is 3.50. The van der Waals surface area contributed by atoms with Crippen molar-refractivity contribution in [2.75, 3.05) is 13.2 Å². The molecule has 92 valence electrons. The third-order valence-electron chi connectivity index (χ3n) is 3.75. The molecule has 0 radical (unpaired) electrons. The lowest BCUT2D eigenvalue weighted by molar-refractivity contribution is -0.152. The van der Waals surface area contributed by atoms with Crippen LogP contribution >= 0.6 is 0 Å². The Morgan fingerprint density at radius 3 is 2.88 bits per heavy atom. The van der Waals surface area contributed by atoms with Crippen molar-refractivity contribution in [2.45, 2.75) is 50.7 Å². The fourth-order valence-electron chi connectivity index (χ4n) is 2.30. The highest BCUT2D eigenvalue weighted by atomic mass is 16.5. The largest absolute Gasteiger partial charge is 0.480 e. The maximum Gasteiger partial charge on any atom is 0.324 e. The molecule has 4 heteroatoms. The van der Waals surface area contributed by atoms with Crippen molar-refractivity contribution < 1.29 is 14.6 Å². The molecule has 2 fully saturated rings. The molecule has 2 N–H and O–H groups in total. The molecule has 4 nitrogen and oxygen atoms in total. The van der Waals surface area contributed by atoms with Gasteiger partial charge in [-0.3, -0.25) is 4.79 Å². The minimum atomic E-state index is -0.735. The standard InChI is InChI=1S/C12H21NO3/c1-2-10-7-12(11(14)15,5-6-16-10)13-8-9-3-4-9/h9-10,13H,2-8H2,1H3,(H,14,15). The van der Waals surface area contributed by atoms with Crippen LogP contribution in [0.25, 0.3) is 0 Å². The normalized spacial score (nSPS) is 34.9. The van der Waals surface area contributed by atoms with Crippen LogP contribution in [-0.4, -0.2) is 35.9 Å².